The maximum absolute atomic E-state index is 5.59. The normalized spacial score (nSPS) is 34.3. The number of rotatable bonds is 5. The van der Waals surface area contributed by atoms with Crippen LogP contribution in [0.15, 0.2) is 0 Å². The van der Waals surface area contributed by atoms with Crippen LogP contribution in [-0.2, 0) is 4.74 Å². The van der Waals surface area contributed by atoms with Crippen LogP contribution in [0.3, 0.4) is 0 Å². The summed E-state index contributed by atoms with van der Waals surface area (Å²) in [6.45, 7) is 11.2. The molecule has 0 spiro atoms. The minimum absolute atomic E-state index is 0.679. The van der Waals surface area contributed by atoms with Gasteiger partial charge in [0.2, 0.25) is 0 Å². The van der Waals surface area contributed by atoms with Crippen molar-refractivity contribution in [2.45, 2.75) is 64.6 Å². The molecule has 0 radical (unpaired) electrons. The standard InChI is InChI=1S/C15H30N2O/c1-4-5-14-9-16-13(8-12(2)3)10-17(14)15-6-7-18-11-15/h12-16H,4-11H2,1-3H3. The molecule has 0 aromatic carbocycles. The quantitative estimate of drug-likeness (QED) is 0.814. The van der Waals surface area contributed by atoms with E-state index in [-0.39, 0.29) is 0 Å². The van der Waals surface area contributed by atoms with E-state index in [9.17, 15) is 0 Å². The van der Waals surface area contributed by atoms with Crippen molar-refractivity contribution >= 4 is 0 Å². The number of hydrogen-bond donors (Lipinski definition) is 1. The first kappa shape index (κ1) is 14.3. The summed E-state index contributed by atoms with van der Waals surface area (Å²) in [6, 6.07) is 2.09. The lowest BCUT2D eigenvalue weighted by atomic mass is 9.96. The molecule has 0 aromatic rings. The van der Waals surface area contributed by atoms with E-state index in [1.807, 2.05) is 0 Å². The van der Waals surface area contributed by atoms with Crippen LogP contribution >= 0.6 is 0 Å². The van der Waals surface area contributed by atoms with Crippen LogP contribution in [0.25, 0.3) is 0 Å². The lowest BCUT2D eigenvalue weighted by Gasteiger charge is -2.44. The van der Waals surface area contributed by atoms with Crippen LogP contribution in [0.2, 0.25) is 0 Å². The van der Waals surface area contributed by atoms with Gasteiger partial charge >= 0.3 is 0 Å². The van der Waals surface area contributed by atoms with Crippen molar-refractivity contribution in [1.82, 2.24) is 10.2 Å². The largest absolute Gasteiger partial charge is 0.380 e. The lowest BCUT2D eigenvalue weighted by Crippen LogP contribution is -2.59. The van der Waals surface area contributed by atoms with Crippen molar-refractivity contribution in [2.75, 3.05) is 26.3 Å². The fourth-order valence-electron chi connectivity index (χ4n) is 3.45. The minimum atomic E-state index is 0.679. The van der Waals surface area contributed by atoms with Crippen molar-refractivity contribution in [3.8, 4) is 0 Å². The Balaban J connectivity index is 1.93. The van der Waals surface area contributed by atoms with Gasteiger partial charge in [0.15, 0.2) is 0 Å². The monoisotopic (exact) mass is 254 g/mol. The third kappa shape index (κ3) is 3.69. The van der Waals surface area contributed by atoms with E-state index < -0.39 is 0 Å². The zero-order valence-electron chi connectivity index (χ0n) is 12.3. The fourth-order valence-corrected chi connectivity index (χ4v) is 3.45. The van der Waals surface area contributed by atoms with Crippen LogP contribution in [0.4, 0.5) is 0 Å². The molecule has 18 heavy (non-hydrogen) atoms. The maximum atomic E-state index is 5.59. The van der Waals surface area contributed by atoms with E-state index in [0.29, 0.717) is 12.1 Å². The number of nitrogens with zero attached hydrogens (tertiary/aromatic N) is 1. The van der Waals surface area contributed by atoms with Gasteiger partial charge in [-0.1, -0.05) is 27.2 Å². The second-order valence-corrected chi connectivity index (χ2v) is 6.39. The van der Waals surface area contributed by atoms with Crippen LogP contribution in [0.1, 0.15) is 46.5 Å². The van der Waals surface area contributed by atoms with Gasteiger partial charge in [-0.05, 0) is 25.2 Å². The Labute approximate surface area is 112 Å². The predicted molar refractivity (Wildman–Crippen MR) is 75.9 cm³/mol. The first-order valence-corrected chi connectivity index (χ1v) is 7.77. The maximum Gasteiger partial charge on any atom is 0.0622 e. The highest BCUT2D eigenvalue weighted by molar-refractivity contribution is 4.91. The van der Waals surface area contributed by atoms with Gasteiger partial charge in [0.25, 0.3) is 0 Å². The van der Waals surface area contributed by atoms with Gasteiger partial charge < -0.3 is 10.1 Å². The van der Waals surface area contributed by atoms with E-state index in [1.54, 1.807) is 0 Å². The minimum Gasteiger partial charge on any atom is -0.380 e. The number of hydrogen-bond acceptors (Lipinski definition) is 3. The Hall–Kier alpha value is -0.120. The van der Waals surface area contributed by atoms with Crippen molar-refractivity contribution in [2.24, 2.45) is 5.92 Å². The summed E-state index contributed by atoms with van der Waals surface area (Å²) < 4.78 is 5.59. The van der Waals surface area contributed by atoms with Crippen LogP contribution in [-0.4, -0.2) is 49.3 Å². The molecule has 3 nitrogen and oxygen atoms in total. The molecule has 3 unspecified atom stereocenters. The Morgan fingerprint density at radius 2 is 2.22 bits per heavy atom. The molecule has 0 saturated carbocycles. The van der Waals surface area contributed by atoms with Gasteiger partial charge in [0.05, 0.1) is 6.61 Å². The topological polar surface area (TPSA) is 24.5 Å². The first-order valence-electron chi connectivity index (χ1n) is 7.77. The van der Waals surface area contributed by atoms with E-state index in [2.05, 4.69) is 31.0 Å². The van der Waals surface area contributed by atoms with Gasteiger partial charge in [-0.3, -0.25) is 4.90 Å². The molecule has 0 aliphatic carbocycles. The molecule has 0 aromatic heterocycles. The molecule has 2 aliphatic heterocycles. The molecule has 0 amide bonds. The molecular formula is C15H30N2O. The second-order valence-electron chi connectivity index (χ2n) is 6.39. The smallest absolute Gasteiger partial charge is 0.0622 e. The van der Waals surface area contributed by atoms with Crippen molar-refractivity contribution in [1.29, 1.82) is 0 Å². The molecular weight excluding hydrogens is 224 g/mol. The van der Waals surface area contributed by atoms with Gasteiger partial charge in [-0.2, -0.15) is 0 Å². The summed E-state index contributed by atoms with van der Waals surface area (Å²) in [5.41, 5.74) is 0. The summed E-state index contributed by atoms with van der Waals surface area (Å²) in [4.78, 5) is 2.75. The summed E-state index contributed by atoms with van der Waals surface area (Å²) in [5.74, 6) is 0.784. The van der Waals surface area contributed by atoms with Gasteiger partial charge in [-0.15, -0.1) is 0 Å². The van der Waals surface area contributed by atoms with Gasteiger partial charge in [0.1, 0.15) is 0 Å². The molecule has 3 heteroatoms. The molecule has 2 fully saturated rings. The highest BCUT2D eigenvalue weighted by atomic mass is 16.5. The van der Waals surface area contributed by atoms with E-state index in [4.69, 9.17) is 4.74 Å². The molecule has 2 heterocycles. The van der Waals surface area contributed by atoms with Gasteiger partial charge in [-0.25, -0.2) is 0 Å². The highest BCUT2D eigenvalue weighted by Crippen LogP contribution is 2.22. The lowest BCUT2D eigenvalue weighted by molar-refractivity contribution is 0.0610. The van der Waals surface area contributed by atoms with Gasteiger partial charge in [0, 0.05) is 37.8 Å². The summed E-state index contributed by atoms with van der Waals surface area (Å²) in [5, 5.41) is 3.76. The van der Waals surface area contributed by atoms with Crippen molar-refractivity contribution < 1.29 is 4.74 Å². The average molecular weight is 254 g/mol. The summed E-state index contributed by atoms with van der Waals surface area (Å²) in [6.07, 6.45) is 5.13. The Morgan fingerprint density at radius 3 is 2.83 bits per heavy atom. The SMILES string of the molecule is CCCC1CNC(CC(C)C)CN1C1CCOC1. The number of ether oxygens (including phenoxy) is 1. The second kappa shape index (κ2) is 6.88. The molecule has 3 atom stereocenters. The average Bonchev–Trinajstić information content (AvgIpc) is 2.84. The Kier molecular flexibility index (Phi) is 5.46. The van der Waals surface area contributed by atoms with Crippen molar-refractivity contribution in [3.63, 3.8) is 0 Å². The molecule has 2 aliphatic rings. The molecule has 106 valence electrons. The third-order valence-corrected chi connectivity index (χ3v) is 4.29. The van der Waals surface area contributed by atoms with Crippen LogP contribution < -0.4 is 5.32 Å². The predicted octanol–water partition coefficient (Wildman–Crippen LogP) is 2.26. The molecule has 1 N–H and O–H groups in total. The Bertz CT molecular complexity index is 239. The first-order chi connectivity index (χ1) is 8.70. The molecule has 2 rings (SSSR count). The third-order valence-electron chi connectivity index (χ3n) is 4.29. The molecule has 0 bridgehead atoms. The fraction of sp³-hybridized carbons (Fsp3) is 1.00. The highest BCUT2D eigenvalue weighted by Gasteiger charge is 2.34. The van der Waals surface area contributed by atoms with Crippen LogP contribution in [0, 0.1) is 5.92 Å². The van der Waals surface area contributed by atoms with Crippen molar-refractivity contribution in [3.05, 3.63) is 0 Å². The summed E-state index contributed by atoms with van der Waals surface area (Å²) >= 11 is 0. The van der Waals surface area contributed by atoms with Crippen LogP contribution in [0.5, 0.6) is 0 Å². The van der Waals surface area contributed by atoms with E-state index in [1.165, 1.54) is 38.8 Å². The van der Waals surface area contributed by atoms with E-state index >= 15 is 0 Å². The summed E-state index contributed by atoms with van der Waals surface area (Å²) in [7, 11) is 0. The van der Waals surface area contributed by atoms with E-state index in [0.717, 1.165) is 25.2 Å². The zero-order chi connectivity index (χ0) is 13.0. The number of piperazine rings is 1. The Morgan fingerprint density at radius 1 is 1.39 bits per heavy atom. The zero-order valence-corrected chi connectivity index (χ0v) is 12.3. The number of nitrogens with one attached hydrogen (secondary N) is 1. The molecule has 2 saturated heterocycles.